The normalized spacial score (nSPS) is 10.6. The highest BCUT2D eigenvalue weighted by molar-refractivity contribution is 6.32. The second-order valence-corrected chi connectivity index (χ2v) is 3.27. The maximum absolute atomic E-state index is 13.2. The van der Waals surface area contributed by atoms with Crippen LogP contribution in [0.2, 0.25) is 5.15 Å². The molecule has 15 heavy (non-hydrogen) atoms. The van der Waals surface area contributed by atoms with Gasteiger partial charge in [-0.3, -0.25) is 4.79 Å². The molecule has 0 amide bonds. The summed E-state index contributed by atoms with van der Waals surface area (Å²) in [6.45, 7) is 0. The van der Waals surface area contributed by atoms with Crippen LogP contribution in [0.3, 0.4) is 0 Å². The molecule has 5 heteroatoms. The Kier molecular flexibility index (Phi) is 2.36. The molecule has 2 nitrogen and oxygen atoms in total. The largest absolute Gasteiger partial charge is 0.298 e. The SMILES string of the molecule is O=Cc1cc2c(F)ccc(F)c2nc1Cl. The summed E-state index contributed by atoms with van der Waals surface area (Å²) in [6, 6.07) is 3.11. The lowest BCUT2D eigenvalue weighted by Crippen LogP contribution is -1.93. The predicted octanol–water partition coefficient (Wildman–Crippen LogP) is 2.98. The number of halogens is 3. The smallest absolute Gasteiger partial charge is 0.153 e. The number of aldehydes is 1. The van der Waals surface area contributed by atoms with E-state index in [2.05, 4.69) is 4.98 Å². The molecule has 1 aromatic carbocycles. The summed E-state index contributed by atoms with van der Waals surface area (Å²) in [6.07, 6.45) is 0.444. The number of carbonyl (C=O) groups is 1. The first-order valence-electron chi connectivity index (χ1n) is 4.03. The average molecular weight is 228 g/mol. The van der Waals surface area contributed by atoms with Crippen LogP contribution < -0.4 is 0 Å². The fraction of sp³-hybridized carbons (Fsp3) is 0. The van der Waals surface area contributed by atoms with Crippen molar-refractivity contribution in [3.63, 3.8) is 0 Å². The molecule has 0 radical (unpaired) electrons. The van der Waals surface area contributed by atoms with E-state index >= 15 is 0 Å². The van der Waals surface area contributed by atoms with E-state index in [0.717, 1.165) is 12.1 Å². The molecule has 0 atom stereocenters. The van der Waals surface area contributed by atoms with Crippen LogP contribution in [-0.4, -0.2) is 11.3 Å². The fourth-order valence-corrected chi connectivity index (χ4v) is 1.45. The molecule has 0 N–H and O–H groups in total. The lowest BCUT2D eigenvalue weighted by atomic mass is 10.1. The maximum atomic E-state index is 13.2. The van der Waals surface area contributed by atoms with Crippen molar-refractivity contribution in [1.82, 2.24) is 4.98 Å². The number of aromatic nitrogens is 1. The van der Waals surface area contributed by atoms with Crippen molar-refractivity contribution in [2.24, 2.45) is 0 Å². The highest BCUT2D eigenvalue weighted by Gasteiger charge is 2.11. The van der Waals surface area contributed by atoms with Crippen molar-refractivity contribution in [2.45, 2.75) is 0 Å². The van der Waals surface area contributed by atoms with Crippen LogP contribution in [0.4, 0.5) is 8.78 Å². The van der Waals surface area contributed by atoms with Gasteiger partial charge in [0.05, 0.1) is 5.56 Å². The van der Waals surface area contributed by atoms with Gasteiger partial charge in [0.2, 0.25) is 0 Å². The highest BCUT2D eigenvalue weighted by Crippen LogP contribution is 2.23. The average Bonchev–Trinajstić information content (AvgIpc) is 2.23. The van der Waals surface area contributed by atoms with Gasteiger partial charge in [-0.25, -0.2) is 13.8 Å². The molecule has 1 aromatic heterocycles. The monoisotopic (exact) mass is 227 g/mol. The van der Waals surface area contributed by atoms with Gasteiger partial charge in [-0.2, -0.15) is 0 Å². The summed E-state index contributed by atoms with van der Waals surface area (Å²) in [5, 5.41) is -0.191. The van der Waals surface area contributed by atoms with Gasteiger partial charge in [0.15, 0.2) is 6.29 Å². The number of fused-ring (bicyclic) bond motifs is 1. The topological polar surface area (TPSA) is 30.0 Å². The minimum atomic E-state index is -0.675. The zero-order valence-electron chi connectivity index (χ0n) is 7.30. The molecule has 2 rings (SSSR count). The minimum absolute atomic E-state index is 0.0358. The summed E-state index contributed by atoms with van der Waals surface area (Å²) in [4.78, 5) is 14.2. The summed E-state index contributed by atoms with van der Waals surface area (Å²) in [5.74, 6) is -1.32. The second kappa shape index (κ2) is 3.55. The molecule has 0 bridgehead atoms. The van der Waals surface area contributed by atoms with Crippen molar-refractivity contribution < 1.29 is 13.6 Å². The first kappa shape index (κ1) is 9.98. The molecule has 0 unspecified atom stereocenters. The van der Waals surface area contributed by atoms with Crippen LogP contribution in [0.25, 0.3) is 10.9 Å². The van der Waals surface area contributed by atoms with Gasteiger partial charge in [-0.05, 0) is 18.2 Å². The quantitative estimate of drug-likeness (QED) is 0.554. The number of hydrogen-bond acceptors (Lipinski definition) is 2. The van der Waals surface area contributed by atoms with E-state index in [1.54, 1.807) is 0 Å². The molecule has 0 aliphatic rings. The molecule has 0 fully saturated rings. The van der Waals surface area contributed by atoms with Crippen LogP contribution in [-0.2, 0) is 0 Å². The standard InChI is InChI=1S/C10H4ClF2NO/c11-10-5(4-15)3-6-7(12)1-2-8(13)9(6)14-10/h1-4H. The number of pyridine rings is 1. The highest BCUT2D eigenvalue weighted by atomic mass is 35.5. The van der Waals surface area contributed by atoms with Crippen LogP contribution in [0.1, 0.15) is 10.4 Å². The van der Waals surface area contributed by atoms with Gasteiger partial charge in [-0.1, -0.05) is 11.6 Å². The van der Waals surface area contributed by atoms with E-state index < -0.39 is 11.6 Å². The minimum Gasteiger partial charge on any atom is -0.298 e. The van der Waals surface area contributed by atoms with Crippen molar-refractivity contribution >= 4 is 28.8 Å². The lowest BCUT2D eigenvalue weighted by Gasteiger charge is -2.02. The van der Waals surface area contributed by atoms with Gasteiger partial charge in [-0.15, -0.1) is 0 Å². The number of benzene rings is 1. The lowest BCUT2D eigenvalue weighted by molar-refractivity contribution is 0.112. The summed E-state index contributed by atoms with van der Waals surface area (Å²) in [7, 11) is 0. The molecular formula is C10H4ClF2NO. The third-order valence-corrected chi connectivity index (χ3v) is 2.29. The third-order valence-electron chi connectivity index (χ3n) is 1.99. The van der Waals surface area contributed by atoms with Crippen molar-refractivity contribution in [3.05, 3.63) is 40.6 Å². The Bertz CT molecular complexity index is 557. The van der Waals surface area contributed by atoms with E-state index in [9.17, 15) is 13.6 Å². The molecular weight excluding hydrogens is 224 g/mol. The number of rotatable bonds is 1. The molecule has 0 spiro atoms. The van der Waals surface area contributed by atoms with Gasteiger partial charge in [0.1, 0.15) is 22.3 Å². The zero-order chi connectivity index (χ0) is 11.0. The summed E-state index contributed by atoms with van der Waals surface area (Å²) >= 11 is 5.60. The van der Waals surface area contributed by atoms with E-state index in [0.29, 0.717) is 6.29 Å². The number of carbonyl (C=O) groups excluding carboxylic acids is 1. The summed E-state index contributed by atoms with van der Waals surface area (Å²) < 4.78 is 26.5. The Labute approximate surface area is 88.5 Å². The molecule has 2 aromatic rings. The second-order valence-electron chi connectivity index (χ2n) is 2.91. The Hall–Kier alpha value is -1.55. The van der Waals surface area contributed by atoms with Crippen molar-refractivity contribution in [3.8, 4) is 0 Å². The van der Waals surface area contributed by atoms with E-state index in [4.69, 9.17) is 11.6 Å². The van der Waals surface area contributed by atoms with E-state index in [1.807, 2.05) is 0 Å². The maximum Gasteiger partial charge on any atom is 0.153 e. The Morgan fingerprint density at radius 2 is 1.93 bits per heavy atom. The van der Waals surface area contributed by atoms with Gasteiger partial charge < -0.3 is 0 Å². The van der Waals surface area contributed by atoms with Crippen LogP contribution in [0, 0.1) is 11.6 Å². The first-order chi connectivity index (χ1) is 7.13. The first-order valence-corrected chi connectivity index (χ1v) is 4.40. The van der Waals surface area contributed by atoms with Crippen molar-refractivity contribution in [2.75, 3.05) is 0 Å². The van der Waals surface area contributed by atoms with Gasteiger partial charge >= 0.3 is 0 Å². The van der Waals surface area contributed by atoms with Crippen LogP contribution in [0.15, 0.2) is 18.2 Å². The molecule has 0 saturated carbocycles. The van der Waals surface area contributed by atoms with Crippen LogP contribution in [0.5, 0.6) is 0 Å². The molecule has 76 valence electrons. The van der Waals surface area contributed by atoms with Crippen molar-refractivity contribution in [1.29, 1.82) is 0 Å². The molecule has 0 aliphatic carbocycles. The molecule has 0 saturated heterocycles. The Morgan fingerprint density at radius 1 is 1.27 bits per heavy atom. The zero-order valence-corrected chi connectivity index (χ0v) is 8.05. The van der Waals surface area contributed by atoms with E-state index in [1.165, 1.54) is 6.07 Å². The van der Waals surface area contributed by atoms with Crippen LogP contribution >= 0.6 is 11.6 Å². The molecule has 1 heterocycles. The Balaban J connectivity index is 2.92. The molecule has 0 aliphatic heterocycles. The van der Waals surface area contributed by atoms with E-state index in [-0.39, 0.29) is 21.6 Å². The number of nitrogens with zero attached hydrogens (tertiary/aromatic N) is 1. The fourth-order valence-electron chi connectivity index (χ4n) is 1.27. The van der Waals surface area contributed by atoms with Gasteiger partial charge in [0.25, 0.3) is 0 Å². The van der Waals surface area contributed by atoms with Gasteiger partial charge in [0, 0.05) is 5.39 Å². The summed E-state index contributed by atoms with van der Waals surface area (Å²) in [5.41, 5.74) is -0.140. The number of hydrogen-bond donors (Lipinski definition) is 0. The Morgan fingerprint density at radius 3 is 2.60 bits per heavy atom. The third kappa shape index (κ3) is 1.57. The predicted molar refractivity (Wildman–Crippen MR) is 52.1 cm³/mol.